The topological polar surface area (TPSA) is 17.1 Å². The van der Waals surface area contributed by atoms with Crippen molar-refractivity contribution in [1.82, 2.24) is 0 Å². The zero-order valence-corrected chi connectivity index (χ0v) is 9.28. The Morgan fingerprint density at radius 2 is 2.00 bits per heavy atom. The molecule has 0 N–H and O–H groups in total. The molecule has 15 heavy (non-hydrogen) atoms. The largest absolute Gasteiger partial charge is 0.294 e. The van der Waals surface area contributed by atoms with E-state index < -0.39 is 0 Å². The van der Waals surface area contributed by atoms with Crippen LogP contribution < -0.4 is 0 Å². The van der Waals surface area contributed by atoms with E-state index in [1.165, 1.54) is 19.3 Å². The van der Waals surface area contributed by atoms with Gasteiger partial charge in [-0.15, -0.1) is 0 Å². The maximum absolute atomic E-state index is 12.0. The summed E-state index contributed by atoms with van der Waals surface area (Å²) in [5.74, 6) is 1.31. The van der Waals surface area contributed by atoms with Crippen LogP contribution in [0.25, 0.3) is 0 Å². The average molecular weight is 202 g/mol. The molecule has 1 aliphatic rings. The van der Waals surface area contributed by atoms with Gasteiger partial charge >= 0.3 is 0 Å². The van der Waals surface area contributed by atoms with Crippen molar-refractivity contribution in [3.63, 3.8) is 0 Å². The van der Waals surface area contributed by atoms with Crippen LogP contribution in [-0.4, -0.2) is 5.78 Å². The van der Waals surface area contributed by atoms with Crippen LogP contribution in [0.3, 0.4) is 0 Å². The van der Waals surface area contributed by atoms with Gasteiger partial charge in [-0.3, -0.25) is 4.79 Å². The Morgan fingerprint density at radius 1 is 1.33 bits per heavy atom. The van der Waals surface area contributed by atoms with Crippen molar-refractivity contribution in [2.75, 3.05) is 0 Å². The van der Waals surface area contributed by atoms with Crippen molar-refractivity contribution in [3.05, 3.63) is 35.9 Å². The van der Waals surface area contributed by atoms with E-state index in [-0.39, 0.29) is 5.92 Å². The highest BCUT2D eigenvalue weighted by Crippen LogP contribution is 2.32. The lowest BCUT2D eigenvalue weighted by atomic mass is 9.78. The number of rotatable bonds is 4. The minimum Gasteiger partial charge on any atom is -0.294 e. The third-order valence-electron chi connectivity index (χ3n) is 3.42. The molecule has 2 rings (SSSR count). The van der Waals surface area contributed by atoms with Crippen LogP contribution in [0.15, 0.2) is 30.3 Å². The zero-order valence-electron chi connectivity index (χ0n) is 9.28. The monoisotopic (exact) mass is 202 g/mol. The third kappa shape index (κ3) is 2.47. The van der Waals surface area contributed by atoms with Gasteiger partial charge < -0.3 is 0 Å². The Morgan fingerprint density at radius 3 is 2.53 bits per heavy atom. The first-order chi connectivity index (χ1) is 7.27. The Labute approximate surface area is 91.5 Å². The quantitative estimate of drug-likeness (QED) is 0.680. The number of carbonyl (C=O) groups is 1. The van der Waals surface area contributed by atoms with Crippen molar-refractivity contribution in [2.45, 2.75) is 32.6 Å². The van der Waals surface area contributed by atoms with Gasteiger partial charge in [0.05, 0.1) is 0 Å². The molecule has 1 fully saturated rings. The Balaban J connectivity index is 1.95. The fourth-order valence-corrected chi connectivity index (χ4v) is 2.22. The van der Waals surface area contributed by atoms with E-state index in [0.29, 0.717) is 5.78 Å². The predicted molar refractivity (Wildman–Crippen MR) is 61.9 cm³/mol. The van der Waals surface area contributed by atoms with E-state index in [1.807, 2.05) is 30.3 Å². The number of benzene rings is 1. The standard InChI is InChI=1S/C14H18O/c1-11(10-12-6-5-7-12)14(15)13-8-3-2-4-9-13/h2-4,8-9,11-12H,5-7,10H2,1H3. The van der Waals surface area contributed by atoms with Gasteiger partial charge in [0.1, 0.15) is 0 Å². The molecule has 1 aromatic carbocycles. The summed E-state index contributed by atoms with van der Waals surface area (Å²) in [6.45, 7) is 2.06. The molecule has 0 aliphatic heterocycles. The van der Waals surface area contributed by atoms with E-state index in [2.05, 4.69) is 6.92 Å². The van der Waals surface area contributed by atoms with E-state index in [0.717, 1.165) is 17.9 Å². The molecule has 0 saturated heterocycles. The normalized spacial score (nSPS) is 18.2. The highest BCUT2D eigenvalue weighted by atomic mass is 16.1. The number of Topliss-reactive ketones (excluding diaryl/α,β-unsaturated/α-hetero) is 1. The molecule has 0 heterocycles. The van der Waals surface area contributed by atoms with E-state index in [1.54, 1.807) is 0 Å². The fourth-order valence-electron chi connectivity index (χ4n) is 2.22. The molecular weight excluding hydrogens is 184 g/mol. The minimum absolute atomic E-state index is 0.192. The van der Waals surface area contributed by atoms with Gasteiger partial charge in [0.2, 0.25) is 0 Å². The molecule has 1 heteroatoms. The second-order valence-corrected chi connectivity index (χ2v) is 4.66. The number of ketones is 1. The van der Waals surface area contributed by atoms with Crippen LogP contribution in [0.1, 0.15) is 43.0 Å². The lowest BCUT2D eigenvalue weighted by molar-refractivity contribution is 0.0896. The second kappa shape index (κ2) is 4.61. The summed E-state index contributed by atoms with van der Waals surface area (Å²) < 4.78 is 0. The molecule has 80 valence electrons. The fraction of sp³-hybridized carbons (Fsp3) is 0.500. The Kier molecular flexibility index (Phi) is 3.20. The molecular formula is C14H18O. The summed E-state index contributed by atoms with van der Waals surface area (Å²) in [5, 5.41) is 0. The summed E-state index contributed by atoms with van der Waals surface area (Å²) in [6.07, 6.45) is 5.09. The molecule has 1 nitrogen and oxygen atoms in total. The maximum Gasteiger partial charge on any atom is 0.165 e. The zero-order chi connectivity index (χ0) is 10.7. The Bertz CT molecular complexity index is 324. The molecule has 1 unspecified atom stereocenters. The van der Waals surface area contributed by atoms with Gasteiger partial charge in [-0.25, -0.2) is 0 Å². The SMILES string of the molecule is CC(CC1CCC1)C(=O)c1ccccc1. The summed E-state index contributed by atoms with van der Waals surface area (Å²) in [6, 6.07) is 9.65. The van der Waals surface area contributed by atoms with Crippen LogP contribution >= 0.6 is 0 Å². The van der Waals surface area contributed by atoms with Gasteiger partial charge in [-0.1, -0.05) is 56.5 Å². The van der Waals surface area contributed by atoms with E-state index in [4.69, 9.17) is 0 Å². The molecule has 0 amide bonds. The first-order valence-corrected chi connectivity index (χ1v) is 5.86. The third-order valence-corrected chi connectivity index (χ3v) is 3.42. The van der Waals surface area contributed by atoms with Gasteiger partial charge in [0.25, 0.3) is 0 Å². The van der Waals surface area contributed by atoms with E-state index >= 15 is 0 Å². The predicted octanol–water partition coefficient (Wildman–Crippen LogP) is 3.70. The minimum atomic E-state index is 0.192. The van der Waals surface area contributed by atoms with Crippen LogP contribution in [0, 0.1) is 11.8 Å². The molecule has 1 atom stereocenters. The molecule has 1 aromatic rings. The molecule has 0 aromatic heterocycles. The summed E-state index contributed by atoms with van der Waals surface area (Å²) in [7, 11) is 0. The first-order valence-electron chi connectivity index (χ1n) is 5.86. The van der Waals surface area contributed by atoms with Gasteiger partial charge in [-0.05, 0) is 12.3 Å². The van der Waals surface area contributed by atoms with Gasteiger partial charge in [0.15, 0.2) is 5.78 Å². The molecule has 0 radical (unpaired) electrons. The van der Waals surface area contributed by atoms with Crippen LogP contribution in [0.2, 0.25) is 0 Å². The first kappa shape index (κ1) is 10.4. The van der Waals surface area contributed by atoms with Crippen molar-refractivity contribution >= 4 is 5.78 Å². The van der Waals surface area contributed by atoms with Crippen LogP contribution in [0.4, 0.5) is 0 Å². The summed E-state index contributed by atoms with van der Waals surface area (Å²) >= 11 is 0. The average Bonchev–Trinajstić information content (AvgIpc) is 2.23. The number of hydrogen-bond donors (Lipinski definition) is 0. The maximum atomic E-state index is 12.0. The molecule has 0 bridgehead atoms. The molecule has 0 spiro atoms. The highest BCUT2D eigenvalue weighted by Gasteiger charge is 2.23. The Hall–Kier alpha value is -1.11. The molecule has 1 saturated carbocycles. The second-order valence-electron chi connectivity index (χ2n) is 4.66. The molecule has 1 aliphatic carbocycles. The van der Waals surface area contributed by atoms with Crippen LogP contribution in [-0.2, 0) is 0 Å². The lowest BCUT2D eigenvalue weighted by Gasteiger charge is -2.27. The number of carbonyl (C=O) groups excluding carboxylic acids is 1. The van der Waals surface area contributed by atoms with Crippen molar-refractivity contribution in [3.8, 4) is 0 Å². The highest BCUT2D eigenvalue weighted by molar-refractivity contribution is 5.97. The van der Waals surface area contributed by atoms with Crippen molar-refractivity contribution < 1.29 is 4.79 Å². The van der Waals surface area contributed by atoms with Crippen molar-refractivity contribution in [1.29, 1.82) is 0 Å². The van der Waals surface area contributed by atoms with Crippen molar-refractivity contribution in [2.24, 2.45) is 11.8 Å². The van der Waals surface area contributed by atoms with Gasteiger partial charge in [-0.2, -0.15) is 0 Å². The number of hydrogen-bond acceptors (Lipinski definition) is 1. The summed E-state index contributed by atoms with van der Waals surface area (Å²) in [5.41, 5.74) is 0.865. The smallest absolute Gasteiger partial charge is 0.165 e. The summed E-state index contributed by atoms with van der Waals surface area (Å²) in [4.78, 5) is 12.0. The van der Waals surface area contributed by atoms with E-state index in [9.17, 15) is 4.79 Å². The van der Waals surface area contributed by atoms with Gasteiger partial charge in [0, 0.05) is 11.5 Å². The lowest BCUT2D eigenvalue weighted by Crippen LogP contribution is -2.19. The van der Waals surface area contributed by atoms with Crippen LogP contribution in [0.5, 0.6) is 0 Å².